The molecule has 0 amide bonds. The van der Waals surface area contributed by atoms with Crippen molar-refractivity contribution in [2.75, 3.05) is 33.5 Å². The van der Waals surface area contributed by atoms with E-state index in [1.165, 1.54) is 12.1 Å². The van der Waals surface area contributed by atoms with E-state index in [9.17, 15) is 8.42 Å². The lowest BCUT2D eigenvalue weighted by molar-refractivity contribution is 0.0543. The van der Waals surface area contributed by atoms with E-state index in [-0.39, 0.29) is 4.90 Å². The summed E-state index contributed by atoms with van der Waals surface area (Å²) >= 11 is 0. The number of sulfonamides is 1. The van der Waals surface area contributed by atoms with Gasteiger partial charge in [-0.2, -0.15) is 0 Å². The first-order chi connectivity index (χ1) is 8.95. The molecule has 0 aliphatic carbocycles. The molecular weight excluding hydrogens is 270 g/mol. The van der Waals surface area contributed by atoms with Gasteiger partial charge in [-0.05, 0) is 30.7 Å². The van der Waals surface area contributed by atoms with Crippen LogP contribution in [-0.4, -0.2) is 42.0 Å². The summed E-state index contributed by atoms with van der Waals surface area (Å²) in [5.41, 5.74) is 0.711. The molecule has 6 nitrogen and oxygen atoms in total. The van der Waals surface area contributed by atoms with Crippen molar-refractivity contribution in [3.8, 4) is 5.75 Å². The molecule has 0 saturated heterocycles. The number of hydrogen-bond acceptors (Lipinski definition) is 5. The lowest BCUT2D eigenvalue weighted by Gasteiger charge is -2.10. The highest BCUT2D eigenvalue weighted by Gasteiger charge is 2.09. The van der Waals surface area contributed by atoms with Crippen molar-refractivity contribution in [3.63, 3.8) is 0 Å². The molecule has 1 aromatic carbocycles. The van der Waals surface area contributed by atoms with Crippen LogP contribution < -0.4 is 9.88 Å². The number of nitrogens with two attached hydrogens (primary N) is 1. The van der Waals surface area contributed by atoms with E-state index in [0.29, 0.717) is 37.7 Å². The topological polar surface area (TPSA) is 87.8 Å². The summed E-state index contributed by atoms with van der Waals surface area (Å²) in [5, 5.41) is 5.04. The van der Waals surface area contributed by atoms with Gasteiger partial charge in [-0.25, -0.2) is 13.6 Å². The van der Waals surface area contributed by atoms with Crippen LogP contribution in [-0.2, 0) is 19.5 Å². The van der Waals surface area contributed by atoms with Gasteiger partial charge in [0.2, 0.25) is 10.0 Å². The van der Waals surface area contributed by atoms with Crippen LogP contribution in [0.2, 0.25) is 0 Å². The molecule has 0 aliphatic heterocycles. The Morgan fingerprint density at radius 1 is 1.16 bits per heavy atom. The zero-order valence-electron chi connectivity index (χ0n) is 11.1. The highest BCUT2D eigenvalue weighted by atomic mass is 32.2. The molecule has 0 atom stereocenters. The minimum atomic E-state index is -3.67. The zero-order chi connectivity index (χ0) is 14.3. The molecule has 0 saturated carbocycles. The Kier molecular flexibility index (Phi) is 6.23. The Balaban J connectivity index is 2.47. The molecule has 0 bridgehead atoms. The third-order valence-corrected chi connectivity index (χ3v) is 3.30. The van der Waals surface area contributed by atoms with Crippen molar-refractivity contribution >= 4 is 10.0 Å². The molecule has 19 heavy (non-hydrogen) atoms. The van der Waals surface area contributed by atoms with Crippen LogP contribution in [0.15, 0.2) is 23.1 Å². The normalized spacial score (nSPS) is 11.5. The van der Waals surface area contributed by atoms with Gasteiger partial charge in [-0.3, -0.25) is 0 Å². The van der Waals surface area contributed by atoms with E-state index in [4.69, 9.17) is 19.3 Å². The van der Waals surface area contributed by atoms with E-state index in [1.54, 1.807) is 20.1 Å². The molecule has 0 heterocycles. The van der Waals surface area contributed by atoms with E-state index < -0.39 is 10.0 Å². The predicted octanol–water partition coefficient (Wildman–Crippen LogP) is 0.684. The fraction of sp³-hybridized carbons (Fsp3) is 0.500. The van der Waals surface area contributed by atoms with Crippen molar-refractivity contribution in [2.24, 2.45) is 5.14 Å². The lowest BCUT2D eigenvalue weighted by Crippen LogP contribution is -2.13. The van der Waals surface area contributed by atoms with Gasteiger partial charge in [0.25, 0.3) is 0 Å². The van der Waals surface area contributed by atoms with Gasteiger partial charge in [0.05, 0.1) is 24.7 Å². The Morgan fingerprint density at radius 2 is 1.84 bits per heavy atom. The fourth-order valence-electron chi connectivity index (χ4n) is 1.42. The third kappa shape index (κ3) is 5.56. The maximum atomic E-state index is 11.2. The van der Waals surface area contributed by atoms with E-state index in [2.05, 4.69) is 0 Å². The standard InChI is InChI=1S/C12H19NO5S/c1-10-9-11(19(13,14)15)3-4-12(10)18-8-7-17-6-5-16-2/h3-4,9H,5-8H2,1-2H3,(H2,13,14,15). The Labute approximate surface area is 113 Å². The van der Waals surface area contributed by atoms with Gasteiger partial charge in [0.1, 0.15) is 12.4 Å². The van der Waals surface area contributed by atoms with Gasteiger partial charge in [0, 0.05) is 7.11 Å². The van der Waals surface area contributed by atoms with Gasteiger partial charge in [0.15, 0.2) is 0 Å². The number of rotatable bonds is 8. The molecule has 1 rings (SSSR count). The van der Waals surface area contributed by atoms with Crippen LogP contribution in [0.1, 0.15) is 5.56 Å². The average Bonchev–Trinajstić information content (AvgIpc) is 2.34. The first-order valence-corrected chi connectivity index (χ1v) is 7.32. The molecule has 0 aromatic heterocycles. The quantitative estimate of drug-likeness (QED) is 0.711. The second-order valence-electron chi connectivity index (χ2n) is 3.93. The largest absolute Gasteiger partial charge is 0.491 e. The van der Waals surface area contributed by atoms with Crippen LogP contribution in [0.4, 0.5) is 0 Å². The molecule has 0 radical (unpaired) electrons. The maximum Gasteiger partial charge on any atom is 0.238 e. The van der Waals surface area contributed by atoms with Crippen molar-refractivity contribution in [3.05, 3.63) is 23.8 Å². The van der Waals surface area contributed by atoms with Crippen LogP contribution >= 0.6 is 0 Å². The number of ether oxygens (including phenoxy) is 3. The van der Waals surface area contributed by atoms with Crippen molar-refractivity contribution in [1.82, 2.24) is 0 Å². The van der Waals surface area contributed by atoms with E-state index in [1.807, 2.05) is 0 Å². The highest BCUT2D eigenvalue weighted by molar-refractivity contribution is 7.89. The Bertz CT molecular complexity index is 501. The van der Waals surface area contributed by atoms with Gasteiger partial charge < -0.3 is 14.2 Å². The summed E-state index contributed by atoms with van der Waals surface area (Å²) in [5.74, 6) is 0.614. The van der Waals surface area contributed by atoms with Gasteiger partial charge >= 0.3 is 0 Å². The zero-order valence-corrected chi connectivity index (χ0v) is 11.9. The highest BCUT2D eigenvalue weighted by Crippen LogP contribution is 2.20. The fourth-order valence-corrected chi connectivity index (χ4v) is 2.01. The minimum absolute atomic E-state index is 0.0775. The summed E-state index contributed by atoms with van der Waals surface area (Å²) in [7, 11) is -2.06. The number of hydrogen-bond donors (Lipinski definition) is 1. The molecule has 0 fully saturated rings. The third-order valence-electron chi connectivity index (χ3n) is 2.39. The molecule has 0 aliphatic rings. The van der Waals surface area contributed by atoms with Crippen molar-refractivity contribution < 1.29 is 22.6 Å². The van der Waals surface area contributed by atoms with Gasteiger partial charge in [-0.1, -0.05) is 0 Å². The molecule has 2 N–H and O–H groups in total. The smallest absolute Gasteiger partial charge is 0.238 e. The van der Waals surface area contributed by atoms with Crippen molar-refractivity contribution in [1.29, 1.82) is 0 Å². The average molecular weight is 289 g/mol. The molecule has 0 spiro atoms. The molecule has 1 aromatic rings. The second-order valence-corrected chi connectivity index (χ2v) is 5.49. The number of methoxy groups -OCH3 is 1. The second kappa shape index (κ2) is 7.44. The Hall–Kier alpha value is -1.15. The molecule has 7 heteroatoms. The minimum Gasteiger partial charge on any atom is -0.491 e. The van der Waals surface area contributed by atoms with Crippen LogP contribution in [0.3, 0.4) is 0 Å². The van der Waals surface area contributed by atoms with Crippen molar-refractivity contribution in [2.45, 2.75) is 11.8 Å². The van der Waals surface area contributed by atoms with E-state index >= 15 is 0 Å². The summed E-state index contributed by atoms with van der Waals surface area (Å²) in [6.07, 6.45) is 0. The summed E-state index contributed by atoms with van der Waals surface area (Å²) in [6, 6.07) is 4.49. The van der Waals surface area contributed by atoms with E-state index in [0.717, 1.165) is 0 Å². The maximum absolute atomic E-state index is 11.2. The lowest BCUT2D eigenvalue weighted by atomic mass is 10.2. The molecular formula is C12H19NO5S. The first-order valence-electron chi connectivity index (χ1n) is 5.78. The number of benzene rings is 1. The summed E-state index contributed by atoms with van der Waals surface area (Å²) in [6.45, 7) is 3.65. The molecule has 108 valence electrons. The summed E-state index contributed by atoms with van der Waals surface area (Å²) < 4.78 is 37.9. The predicted molar refractivity (Wildman–Crippen MR) is 70.7 cm³/mol. The SMILES string of the molecule is COCCOCCOc1ccc(S(N)(=O)=O)cc1C. The molecule has 0 unspecified atom stereocenters. The van der Waals surface area contributed by atoms with Crippen LogP contribution in [0.5, 0.6) is 5.75 Å². The van der Waals surface area contributed by atoms with Crippen LogP contribution in [0.25, 0.3) is 0 Å². The summed E-state index contributed by atoms with van der Waals surface area (Å²) in [4.78, 5) is 0.0775. The van der Waals surface area contributed by atoms with Crippen LogP contribution in [0, 0.1) is 6.92 Å². The Morgan fingerprint density at radius 3 is 2.42 bits per heavy atom. The first kappa shape index (κ1) is 15.9. The van der Waals surface area contributed by atoms with Gasteiger partial charge in [-0.15, -0.1) is 0 Å². The number of primary sulfonamides is 1. The number of aryl methyl sites for hydroxylation is 1. The monoisotopic (exact) mass is 289 g/mol.